The molecule has 2 heterocycles. The number of piperidine rings is 1. The summed E-state index contributed by atoms with van der Waals surface area (Å²) in [6, 6.07) is 10.7. The number of rotatable bonds is 3. The third-order valence-electron chi connectivity index (χ3n) is 4.95. The minimum Gasteiger partial charge on any atom is -0.339 e. The smallest absolute Gasteiger partial charge is 0.321 e. The fourth-order valence-corrected chi connectivity index (χ4v) is 3.44. The number of anilines is 1. The molecule has 1 fully saturated rings. The van der Waals surface area contributed by atoms with Crippen LogP contribution in [-0.4, -0.2) is 34.2 Å². The van der Waals surface area contributed by atoms with Gasteiger partial charge in [-0.15, -0.1) is 0 Å². The molecule has 8 heteroatoms. The molecule has 1 aromatic heterocycles. The third-order valence-corrected chi connectivity index (χ3v) is 4.95. The van der Waals surface area contributed by atoms with Crippen LogP contribution in [-0.2, 0) is 0 Å². The van der Waals surface area contributed by atoms with Crippen molar-refractivity contribution in [1.82, 2.24) is 15.0 Å². The Labute approximate surface area is 166 Å². The molecule has 6 nitrogen and oxygen atoms in total. The Bertz CT molecular complexity index is 1040. The van der Waals surface area contributed by atoms with Gasteiger partial charge in [-0.25, -0.2) is 13.6 Å². The fourth-order valence-electron chi connectivity index (χ4n) is 3.44. The van der Waals surface area contributed by atoms with Crippen LogP contribution in [0.2, 0.25) is 0 Å². The maximum atomic E-state index is 13.4. The summed E-state index contributed by atoms with van der Waals surface area (Å²) in [6.45, 7) is 2.96. The molecule has 1 N–H and O–H groups in total. The topological polar surface area (TPSA) is 71.3 Å². The second kappa shape index (κ2) is 7.98. The predicted octanol–water partition coefficient (Wildman–Crippen LogP) is 4.73. The maximum absolute atomic E-state index is 13.4. The van der Waals surface area contributed by atoms with Gasteiger partial charge < -0.3 is 14.7 Å². The molecule has 1 aliphatic heterocycles. The summed E-state index contributed by atoms with van der Waals surface area (Å²) in [5.74, 6) is -1.03. The average Bonchev–Trinajstić information content (AvgIpc) is 3.21. The summed E-state index contributed by atoms with van der Waals surface area (Å²) < 4.78 is 31.9. The first kappa shape index (κ1) is 19.0. The normalized spacial score (nSPS) is 16.7. The number of amides is 2. The average molecular weight is 398 g/mol. The fraction of sp³-hybridized carbons (Fsp3) is 0.286. The molecule has 0 unspecified atom stereocenters. The number of nitrogens with one attached hydrogen (secondary N) is 1. The summed E-state index contributed by atoms with van der Waals surface area (Å²) >= 11 is 0. The number of aryl methyl sites for hydroxylation is 1. The van der Waals surface area contributed by atoms with Gasteiger partial charge in [-0.3, -0.25) is 0 Å². The van der Waals surface area contributed by atoms with Gasteiger partial charge >= 0.3 is 6.03 Å². The molecule has 0 saturated carbocycles. The van der Waals surface area contributed by atoms with Gasteiger partial charge in [-0.1, -0.05) is 28.9 Å². The summed E-state index contributed by atoms with van der Waals surface area (Å²) in [4.78, 5) is 18.7. The van der Waals surface area contributed by atoms with Crippen LogP contribution in [0.4, 0.5) is 19.3 Å². The van der Waals surface area contributed by atoms with Crippen molar-refractivity contribution in [3.05, 3.63) is 65.6 Å². The van der Waals surface area contributed by atoms with E-state index in [1.54, 1.807) is 4.90 Å². The van der Waals surface area contributed by atoms with E-state index in [4.69, 9.17) is 4.52 Å². The van der Waals surface area contributed by atoms with E-state index in [0.717, 1.165) is 36.1 Å². The van der Waals surface area contributed by atoms with Crippen molar-refractivity contribution in [2.75, 3.05) is 18.4 Å². The highest BCUT2D eigenvalue weighted by Gasteiger charge is 2.29. The number of carbonyl (C=O) groups is 1. The van der Waals surface area contributed by atoms with Crippen LogP contribution >= 0.6 is 0 Å². The highest BCUT2D eigenvalue weighted by molar-refractivity contribution is 5.89. The van der Waals surface area contributed by atoms with Gasteiger partial charge in [0.05, 0.1) is 5.92 Å². The van der Waals surface area contributed by atoms with Crippen LogP contribution < -0.4 is 5.32 Å². The standard InChI is InChI=1S/C21H20F2N4O2/c1-13-4-2-5-14(10-13)19-25-20(29-26-19)15-6-3-9-27(12-15)21(28)24-16-7-8-17(22)18(23)11-16/h2,4-5,7-8,10-11,15H,3,6,9,12H2,1H3,(H,24,28)/t15-/m0/s1. The van der Waals surface area contributed by atoms with Gasteiger partial charge in [-0.05, 0) is 38.0 Å². The lowest BCUT2D eigenvalue weighted by Gasteiger charge is -2.31. The Morgan fingerprint density at radius 3 is 2.86 bits per heavy atom. The van der Waals surface area contributed by atoms with Gasteiger partial charge in [-0.2, -0.15) is 4.98 Å². The first-order valence-electron chi connectivity index (χ1n) is 9.41. The van der Waals surface area contributed by atoms with Gasteiger partial charge in [0.25, 0.3) is 0 Å². The van der Waals surface area contributed by atoms with Crippen LogP contribution in [0.15, 0.2) is 47.0 Å². The molecule has 2 amide bonds. The van der Waals surface area contributed by atoms with Crippen molar-refractivity contribution in [2.45, 2.75) is 25.7 Å². The van der Waals surface area contributed by atoms with E-state index >= 15 is 0 Å². The first-order chi connectivity index (χ1) is 14.0. The van der Waals surface area contributed by atoms with E-state index in [9.17, 15) is 13.6 Å². The Hall–Kier alpha value is -3.29. The zero-order valence-corrected chi connectivity index (χ0v) is 15.9. The molecular weight excluding hydrogens is 378 g/mol. The third kappa shape index (κ3) is 4.26. The number of aromatic nitrogens is 2. The molecule has 3 aromatic rings. The van der Waals surface area contributed by atoms with Crippen LogP contribution in [0.1, 0.15) is 30.2 Å². The molecule has 1 atom stereocenters. The lowest BCUT2D eigenvalue weighted by atomic mass is 9.98. The first-order valence-corrected chi connectivity index (χ1v) is 9.41. The van der Waals surface area contributed by atoms with Crippen LogP contribution in [0, 0.1) is 18.6 Å². The maximum Gasteiger partial charge on any atom is 0.321 e. The second-order valence-corrected chi connectivity index (χ2v) is 7.17. The van der Waals surface area contributed by atoms with Crippen molar-refractivity contribution in [1.29, 1.82) is 0 Å². The van der Waals surface area contributed by atoms with E-state index in [1.165, 1.54) is 6.07 Å². The molecular formula is C21H20F2N4O2. The molecule has 0 bridgehead atoms. The molecule has 0 radical (unpaired) electrons. The number of benzene rings is 2. The number of carbonyl (C=O) groups excluding carboxylic acids is 1. The Morgan fingerprint density at radius 2 is 2.07 bits per heavy atom. The van der Waals surface area contributed by atoms with Gasteiger partial charge in [0, 0.05) is 30.4 Å². The monoisotopic (exact) mass is 398 g/mol. The summed E-state index contributed by atoms with van der Waals surface area (Å²) in [6.07, 6.45) is 1.60. The Kier molecular flexibility index (Phi) is 5.24. The van der Waals surface area contributed by atoms with Gasteiger partial charge in [0.2, 0.25) is 11.7 Å². The Balaban J connectivity index is 1.44. The molecule has 150 valence electrons. The molecule has 4 rings (SSSR count). The van der Waals surface area contributed by atoms with E-state index in [0.29, 0.717) is 24.8 Å². The van der Waals surface area contributed by atoms with Crippen molar-refractivity contribution in [2.24, 2.45) is 0 Å². The van der Waals surface area contributed by atoms with Crippen LogP contribution in [0.3, 0.4) is 0 Å². The quantitative estimate of drug-likeness (QED) is 0.692. The highest BCUT2D eigenvalue weighted by atomic mass is 19.2. The van der Waals surface area contributed by atoms with Crippen molar-refractivity contribution < 1.29 is 18.1 Å². The summed E-state index contributed by atoms with van der Waals surface area (Å²) in [5.41, 5.74) is 2.19. The number of likely N-dealkylation sites (tertiary alicyclic amines) is 1. The molecule has 1 aliphatic rings. The van der Waals surface area contributed by atoms with E-state index < -0.39 is 11.6 Å². The molecule has 0 spiro atoms. The van der Waals surface area contributed by atoms with E-state index in [-0.39, 0.29) is 17.6 Å². The predicted molar refractivity (Wildman–Crippen MR) is 103 cm³/mol. The van der Waals surface area contributed by atoms with E-state index in [2.05, 4.69) is 15.5 Å². The second-order valence-electron chi connectivity index (χ2n) is 7.17. The molecule has 1 saturated heterocycles. The van der Waals surface area contributed by atoms with Gasteiger partial charge in [0.15, 0.2) is 11.6 Å². The van der Waals surface area contributed by atoms with Crippen molar-refractivity contribution >= 4 is 11.7 Å². The largest absolute Gasteiger partial charge is 0.339 e. The van der Waals surface area contributed by atoms with E-state index in [1.807, 2.05) is 31.2 Å². The lowest BCUT2D eigenvalue weighted by molar-refractivity contribution is 0.184. The lowest BCUT2D eigenvalue weighted by Crippen LogP contribution is -2.41. The number of hydrogen-bond donors (Lipinski definition) is 1. The highest BCUT2D eigenvalue weighted by Crippen LogP contribution is 2.28. The summed E-state index contributed by atoms with van der Waals surface area (Å²) in [7, 11) is 0. The number of halogens is 2. The van der Waals surface area contributed by atoms with Crippen LogP contribution in [0.25, 0.3) is 11.4 Å². The van der Waals surface area contributed by atoms with Crippen molar-refractivity contribution in [3.63, 3.8) is 0 Å². The Morgan fingerprint density at radius 1 is 1.21 bits per heavy atom. The molecule has 29 heavy (non-hydrogen) atoms. The SMILES string of the molecule is Cc1cccc(-c2noc([C@H]3CCCN(C(=O)Nc4ccc(F)c(F)c4)C3)n2)c1. The zero-order valence-electron chi connectivity index (χ0n) is 15.9. The molecule has 0 aliphatic carbocycles. The number of hydrogen-bond acceptors (Lipinski definition) is 4. The minimum atomic E-state index is -1.01. The number of nitrogens with zero attached hydrogens (tertiary/aromatic N) is 3. The molecule has 2 aromatic carbocycles. The minimum absolute atomic E-state index is 0.0782. The number of urea groups is 1. The zero-order chi connectivity index (χ0) is 20.4. The van der Waals surface area contributed by atoms with Gasteiger partial charge in [0.1, 0.15) is 0 Å². The summed E-state index contributed by atoms with van der Waals surface area (Å²) in [5, 5.41) is 6.68. The van der Waals surface area contributed by atoms with Crippen molar-refractivity contribution in [3.8, 4) is 11.4 Å². The van der Waals surface area contributed by atoms with Crippen LogP contribution in [0.5, 0.6) is 0 Å².